The summed E-state index contributed by atoms with van der Waals surface area (Å²) in [5.74, 6) is 0.432. The van der Waals surface area contributed by atoms with Crippen LogP contribution in [0.3, 0.4) is 0 Å². The Morgan fingerprint density at radius 2 is 2.05 bits per heavy atom. The van der Waals surface area contributed by atoms with Gasteiger partial charge in [0.1, 0.15) is 12.4 Å². The molecular weight excluding hydrogens is 286 g/mol. The maximum Gasteiger partial charge on any atom is 0.225 e. The van der Waals surface area contributed by atoms with Crippen LogP contribution in [0.1, 0.15) is 28.8 Å². The van der Waals surface area contributed by atoms with Gasteiger partial charge < -0.3 is 10.5 Å². The average Bonchev–Trinajstić information content (AvgIpc) is 2.92. The van der Waals surface area contributed by atoms with E-state index in [0.29, 0.717) is 23.1 Å². The van der Waals surface area contributed by atoms with Gasteiger partial charge in [0, 0.05) is 10.7 Å². The Balaban J connectivity index is 1.84. The zero-order valence-electron chi connectivity index (χ0n) is 11.5. The van der Waals surface area contributed by atoms with Crippen molar-refractivity contribution in [2.45, 2.75) is 25.9 Å². The van der Waals surface area contributed by atoms with Gasteiger partial charge in [-0.1, -0.05) is 23.7 Å². The summed E-state index contributed by atoms with van der Waals surface area (Å²) < 4.78 is 5.77. The van der Waals surface area contributed by atoms with Crippen molar-refractivity contribution >= 4 is 17.4 Å². The number of nitrogens with two attached hydrogens (primary N) is 1. The lowest BCUT2D eigenvalue weighted by Gasteiger charge is -2.12. The van der Waals surface area contributed by atoms with Gasteiger partial charge in [0.05, 0.1) is 5.56 Å². The van der Waals surface area contributed by atoms with Gasteiger partial charge in [-0.25, -0.2) is 4.98 Å². The summed E-state index contributed by atoms with van der Waals surface area (Å²) in [6, 6.07) is 9.39. The Bertz CT molecular complexity index is 683. The largest absolute Gasteiger partial charge is 0.472 e. The van der Waals surface area contributed by atoms with Gasteiger partial charge in [-0.05, 0) is 48.6 Å². The van der Waals surface area contributed by atoms with Crippen molar-refractivity contribution in [3.63, 3.8) is 0 Å². The molecule has 1 aromatic heterocycles. The monoisotopic (exact) mass is 301 g/mol. The van der Waals surface area contributed by atoms with Gasteiger partial charge in [0.2, 0.25) is 5.88 Å². The third kappa shape index (κ3) is 3.00. The van der Waals surface area contributed by atoms with E-state index in [2.05, 4.69) is 4.98 Å². The summed E-state index contributed by atoms with van der Waals surface area (Å²) in [5, 5.41) is 8.38. The molecule has 1 aliphatic rings. The molecule has 21 heavy (non-hydrogen) atoms. The number of nitrogens with one attached hydrogen (secondary N) is 1. The van der Waals surface area contributed by atoms with Crippen LogP contribution in [0.15, 0.2) is 30.3 Å². The van der Waals surface area contributed by atoms with Crippen molar-refractivity contribution in [3.05, 3.63) is 57.7 Å². The number of amidine groups is 1. The van der Waals surface area contributed by atoms with Gasteiger partial charge >= 0.3 is 0 Å². The normalized spacial score (nSPS) is 13.0. The highest BCUT2D eigenvalue weighted by molar-refractivity contribution is 6.30. The van der Waals surface area contributed by atoms with Gasteiger partial charge in [0.25, 0.3) is 0 Å². The number of aromatic nitrogens is 1. The molecule has 5 heteroatoms. The first-order valence-corrected chi connectivity index (χ1v) is 7.26. The molecule has 0 atom stereocenters. The molecule has 1 aliphatic carbocycles. The second kappa shape index (κ2) is 5.74. The molecule has 1 heterocycles. The number of nitrogen functional groups attached to an aromatic ring is 1. The molecule has 0 spiro atoms. The van der Waals surface area contributed by atoms with E-state index in [4.69, 9.17) is 27.5 Å². The number of ether oxygens (including phenoxy) is 1. The Hall–Kier alpha value is -2.07. The summed E-state index contributed by atoms with van der Waals surface area (Å²) in [6.07, 6.45) is 3.06. The second-order valence-electron chi connectivity index (χ2n) is 5.13. The van der Waals surface area contributed by atoms with Gasteiger partial charge in [-0.15, -0.1) is 0 Å². The van der Waals surface area contributed by atoms with Gasteiger partial charge in [0.15, 0.2) is 0 Å². The summed E-state index contributed by atoms with van der Waals surface area (Å²) in [5.41, 5.74) is 9.45. The first kappa shape index (κ1) is 13.9. The van der Waals surface area contributed by atoms with Crippen LogP contribution in [0.4, 0.5) is 0 Å². The zero-order valence-corrected chi connectivity index (χ0v) is 12.3. The van der Waals surface area contributed by atoms with Crippen LogP contribution < -0.4 is 10.5 Å². The average molecular weight is 302 g/mol. The summed E-state index contributed by atoms with van der Waals surface area (Å²) in [6.45, 7) is 0.378. The molecule has 3 N–H and O–H groups in total. The van der Waals surface area contributed by atoms with Crippen LogP contribution in [-0.2, 0) is 19.4 Å². The maximum absolute atomic E-state index is 7.69. The van der Waals surface area contributed by atoms with Crippen molar-refractivity contribution in [1.29, 1.82) is 5.41 Å². The third-order valence-corrected chi connectivity index (χ3v) is 3.85. The Morgan fingerprint density at radius 3 is 2.76 bits per heavy atom. The number of halogens is 1. The number of nitrogens with zero attached hydrogens (tertiary/aromatic N) is 1. The summed E-state index contributed by atoms with van der Waals surface area (Å²) in [4.78, 5) is 4.54. The van der Waals surface area contributed by atoms with E-state index in [1.807, 2.05) is 30.3 Å². The highest BCUT2D eigenvalue weighted by Crippen LogP contribution is 2.27. The molecule has 0 unspecified atom stereocenters. The van der Waals surface area contributed by atoms with Crippen LogP contribution in [-0.4, -0.2) is 10.8 Å². The fourth-order valence-corrected chi connectivity index (χ4v) is 2.61. The van der Waals surface area contributed by atoms with E-state index in [1.165, 1.54) is 5.56 Å². The molecule has 0 aliphatic heterocycles. The predicted octanol–water partition coefficient (Wildman–Crippen LogP) is 3.09. The number of fused-ring (bicyclic) bond motifs is 1. The highest BCUT2D eigenvalue weighted by Gasteiger charge is 2.18. The number of rotatable bonds is 4. The Kier molecular flexibility index (Phi) is 3.80. The fraction of sp³-hybridized carbons (Fsp3) is 0.250. The molecule has 0 amide bonds. The SMILES string of the molecule is N=C(N)c1cc2c(nc1OCc1ccc(Cl)cc1)CCC2. The van der Waals surface area contributed by atoms with Crippen molar-refractivity contribution in [1.82, 2.24) is 4.98 Å². The molecule has 0 saturated carbocycles. The van der Waals surface area contributed by atoms with Gasteiger partial charge in [-0.2, -0.15) is 0 Å². The summed E-state index contributed by atoms with van der Waals surface area (Å²) in [7, 11) is 0. The van der Waals surface area contributed by atoms with Crippen molar-refractivity contribution < 1.29 is 4.74 Å². The van der Waals surface area contributed by atoms with Crippen molar-refractivity contribution in [2.75, 3.05) is 0 Å². The number of hydrogen-bond donors (Lipinski definition) is 2. The van der Waals surface area contributed by atoms with Crippen LogP contribution in [0, 0.1) is 5.41 Å². The quantitative estimate of drug-likeness (QED) is 0.673. The fourth-order valence-electron chi connectivity index (χ4n) is 2.49. The lowest BCUT2D eigenvalue weighted by Crippen LogP contribution is -2.15. The van der Waals surface area contributed by atoms with Crippen molar-refractivity contribution in [3.8, 4) is 5.88 Å². The van der Waals surface area contributed by atoms with Crippen LogP contribution >= 0.6 is 11.6 Å². The minimum atomic E-state index is -0.0108. The van der Waals surface area contributed by atoms with E-state index in [0.717, 1.165) is 30.5 Å². The van der Waals surface area contributed by atoms with Gasteiger partial charge in [-0.3, -0.25) is 5.41 Å². The lowest BCUT2D eigenvalue weighted by atomic mass is 10.1. The molecule has 0 radical (unpaired) electrons. The molecule has 1 aromatic carbocycles. The smallest absolute Gasteiger partial charge is 0.225 e. The van der Waals surface area contributed by atoms with E-state index in [9.17, 15) is 0 Å². The molecule has 0 fully saturated rings. The van der Waals surface area contributed by atoms with E-state index >= 15 is 0 Å². The van der Waals surface area contributed by atoms with Crippen LogP contribution in [0.2, 0.25) is 5.02 Å². The second-order valence-corrected chi connectivity index (χ2v) is 5.57. The van der Waals surface area contributed by atoms with Crippen LogP contribution in [0.25, 0.3) is 0 Å². The number of benzene rings is 1. The minimum absolute atomic E-state index is 0.0108. The molecule has 0 saturated heterocycles. The molecule has 4 nitrogen and oxygen atoms in total. The third-order valence-electron chi connectivity index (χ3n) is 3.59. The molecular formula is C16H16ClN3O. The first-order valence-electron chi connectivity index (χ1n) is 6.88. The standard InChI is InChI=1S/C16H16ClN3O/c17-12-6-4-10(5-7-12)9-21-16-13(15(18)19)8-11-2-1-3-14(11)20-16/h4-8H,1-3,9H2,(H3,18,19). The van der Waals surface area contributed by atoms with E-state index in [-0.39, 0.29) is 5.84 Å². The topological polar surface area (TPSA) is 72.0 Å². The maximum atomic E-state index is 7.69. The Morgan fingerprint density at radius 1 is 1.29 bits per heavy atom. The molecule has 108 valence electrons. The van der Waals surface area contributed by atoms with E-state index in [1.54, 1.807) is 0 Å². The first-order chi connectivity index (χ1) is 10.1. The number of aryl methyl sites for hydroxylation is 2. The number of hydrogen-bond acceptors (Lipinski definition) is 3. The Labute approximate surface area is 128 Å². The number of pyridine rings is 1. The van der Waals surface area contributed by atoms with Crippen LogP contribution in [0.5, 0.6) is 5.88 Å². The van der Waals surface area contributed by atoms with E-state index < -0.39 is 0 Å². The van der Waals surface area contributed by atoms with Crippen molar-refractivity contribution in [2.24, 2.45) is 5.73 Å². The molecule has 3 rings (SSSR count). The summed E-state index contributed by atoms with van der Waals surface area (Å²) >= 11 is 5.86. The lowest BCUT2D eigenvalue weighted by molar-refractivity contribution is 0.292. The molecule has 0 bridgehead atoms. The predicted molar refractivity (Wildman–Crippen MR) is 83.1 cm³/mol. The highest BCUT2D eigenvalue weighted by atomic mass is 35.5. The zero-order chi connectivity index (χ0) is 14.8. The minimum Gasteiger partial charge on any atom is -0.472 e. The molecule has 2 aromatic rings.